The minimum Gasteiger partial charge on any atom is -0.348 e. The average molecular weight is 325 g/mol. The van der Waals surface area contributed by atoms with Gasteiger partial charge in [-0.25, -0.2) is 0 Å². The quantitative estimate of drug-likeness (QED) is 0.925. The number of aryl methyl sites for hydroxylation is 1. The van der Waals surface area contributed by atoms with Crippen LogP contribution in [0.3, 0.4) is 0 Å². The summed E-state index contributed by atoms with van der Waals surface area (Å²) in [5.41, 5.74) is 2.13. The average Bonchev–Trinajstić information content (AvgIpc) is 3.01. The maximum Gasteiger partial charge on any atom is 0.253 e. The molecular formula is C18H19N3O3. The molecule has 6 nitrogen and oxygen atoms in total. The minimum absolute atomic E-state index is 0.154. The number of carbonyl (C=O) groups excluding carboxylic acids is 2. The van der Waals surface area contributed by atoms with Gasteiger partial charge in [-0.2, -0.15) is 0 Å². The van der Waals surface area contributed by atoms with Gasteiger partial charge in [-0.05, 0) is 30.2 Å². The molecule has 2 heterocycles. The van der Waals surface area contributed by atoms with Crippen LogP contribution in [-0.2, 0) is 18.4 Å². The van der Waals surface area contributed by atoms with Gasteiger partial charge in [0.15, 0.2) is 0 Å². The minimum atomic E-state index is -0.232. The fourth-order valence-electron chi connectivity index (χ4n) is 2.73. The molecule has 0 atom stereocenters. The molecule has 1 aliphatic heterocycles. The molecule has 3 rings (SSSR count). The molecule has 0 unspecified atom stereocenters. The van der Waals surface area contributed by atoms with Crippen molar-refractivity contribution < 1.29 is 9.59 Å². The fourth-order valence-corrected chi connectivity index (χ4v) is 2.73. The second-order valence-electron chi connectivity index (χ2n) is 5.86. The predicted octanol–water partition coefficient (Wildman–Crippen LogP) is 1.44. The molecule has 1 aromatic carbocycles. The standard InChI is InChI=1S/C18H19N3O3/c1-20-12-14(6-9-16(20)22)18(24)19-11-13-4-7-15(8-5-13)21-10-2-3-17(21)23/h4-9,12H,2-3,10-11H2,1H3,(H,19,24). The normalized spacial score (nSPS) is 14.0. The molecule has 2 aromatic rings. The topological polar surface area (TPSA) is 71.4 Å². The molecule has 1 aliphatic rings. The number of hydrogen-bond donors (Lipinski definition) is 1. The summed E-state index contributed by atoms with van der Waals surface area (Å²) in [5.74, 6) is -0.0739. The van der Waals surface area contributed by atoms with Crippen molar-refractivity contribution in [1.82, 2.24) is 9.88 Å². The van der Waals surface area contributed by atoms with E-state index in [9.17, 15) is 14.4 Å². The van der Waals surface area contributed by atoms with E-state index in [2.05, 4.69) is 5.32 Å². The maximum atomic E-state index is 12.1. The van der Waals surface area contributed by atoms with E-state index in [1.165, 1.54) is 22.9 Å². The first-order chi connectivity index (χ1) is 11.5. The number of amides is 2. The van der Waals surface area contributed by atoms with Gasteiger partial charge in [0.05, 0.1) is 5.56 Å². The summed E-state index contributed by atoms with van der Waals surface area (Å²) in [6, 6.07) is 10.5. The van der Waals surface area contributed by atoms with E-state index in [1.54, 1.807) is 11.9 Å². The van der Waals surface area contributed by atoms with E-state index in [-0.39, 0.29) is 17.4 Å². The van der Waals surface area contributed by atoms with Crippen molar-refractivity contribution in [1.29, 1.82) is 0 Å². The summed E-state index contributed by atoms with van der Waals surface area (Å²) in [6.07, 6.45) is 3.02. The van der Waals surface area contributed by atoms with E-state index in [4.69, 9.17) is 0 Å². The van der Waals surface area contributed by atoms with E-state index >= 15 is 0 Å². The lowest BCUT2D eigenvalue weighted by Crippen LogP contribution is -2.25. The third-order valence-electron chi connectivity index (χ3n) is 4.12. The summed E-state index contributed by atoms with van der Waals surface area (Å²) in [5, 5.41) is 2.82. The van der Waals surface area contributed by atoms with Gasteiger partial charge in [-0.1, -0.05) is 12.1 Å². The lowest BCUT2D eigenvalue weighted by atomic mass is 10.2. The molecule has 1 saturated heterocycles. The van der Waals surface area contributed by atoms with E-state index in [1.807, 2.05) is 24.3 Å². The van der Waals surface area contributed by atoms with Gasteiger partial charge in [-0.15, -0.1) is 0 Å². The molecule has 0 spiro atoms. The summed E-state index contributed by atoms with van der Waals surface area (Å²) in [6.45, 7) is 1.15. The van der Waals surface area contributed by atoms with Gasteiger partial charge in [0.1, 0.15) is 0 Å². The highest BCUT2D eigenvalue weighted by Gasteiger charge is 2.21. The monoisotopic (exact) mass is 325 g/mol. The fraction of sp³-hybridized carbons (Fsp3) is 0.278. The van der Waals surface area contributed by atoms with Crippen LogP contribution < -0.4 is 15.8 Å². The van der Waals surface area contributed by atoms with Crippen molar-refractivity contribution >= 4 is 17.5 Å². The summed E-state index contributed by atoms with van der Waals surface area (Å²) < 4.78 is 1.37. The van der Waals surface area contributed by atoms with Gasteiger partial charge in [0, 0.05) is 44.5 Å². The van der Waals surface area contributed by atoms with Gasteiger partial charge in [-0.3, -0.25) is 14.4 Å². The van der Waals surface area contributed by atoms with Crippen molar-refractivity contribution in [2.75, 3.05) is 11.4 Å². The van der Waals surface area contributed by atoms with Crippen molar-refractivity contribution in [3.8, 4) is 0 Å². The molecule has 6 heteroatoms. The van der Waals surface area contributed by atoms with Gasteiger partial charge in [0.2, 0.25) is 11.5 Å². The third-order valence-corrected chi connectivity index (χ3v) is 4.12. The molecule has 1 aromatic heterocycles. The molecular weight excluding hydrogens is 306 g/mol. The predicted molar refractivity (Wildman–Crippen MR) is 90.9 cm³/mol. The summed E-state index contributed by atoms with van der Waals surface area (Å²) >= 11 is 0. The Balaban J connectivity index is 1.62. The highest BCUT2D eigenvalue weighted by molar-refractivity contribution is 5.95. The van der Waals surface area contributed by atoms with Crippen LogP contribution in [0.25, 0.3) is 0 Å². The Morgan fingerprint density at radius 2 is 1.88 bits per heavy atom. The molecule has 0 radical (unpaired) electrons. The number of aromatic nitrogens is 1. The molecule has 0 saturated carbocycles. The number of rotatable bonds is 4. The number of carbonyl (C=O) groups is 2. The number of anilines is 1. The summed E-state index contributed by atoms with van der Waals surface area (Å²) in [4.78, 5) is 37.0. The Labute approximate surface area is 139 Å². The van der Waals surface area contributed by atoms with Crippen molar-refractivity contribution in [2.45, 2.75) is 19.4 Å². The Morgan fingerprint density at radius 1 is 1.12 bits per heavy atom. The largest absolute Gasteiger partial charge is 0.348 e. The smallest absolute Gasteiger partial charge is 0.253 e. The van der Waals surface area contributed by atoms with Crippen molar-refractivity contribution in [3.05, 3.63) is 64.1 Å². The van der Waals surface area contributed by atoms with Crippen LogP contribution in [-0.4, -0.2) is 22.9 Å². The van der Waals surface area contributed by atoms with Gasteiger partial charge >= 0.3 is 0 Å². The van der Waals surface area contributed by atoms with Crippen LogP contribution in [0.5, 0.6) is 0 Å². The van der Waals surface area contributed by atoms with Crippen LogP contribution in [0, 0.1) is 0 Å². The highest BCUT2D eigenvalue weighted by Crippen LogP contribution is 2.21. The Bertz CT molecular complexity index is 824. The van der Waals surface area contributed by atoms with Gasteiger partial charge in [0.25, 0.3) is 5.91 Å². The van der Waals surface area contributed by atoms with Crippen molar-refractivity contribution in [2.24, 2.45) is 7.05 Å². The molecule has 1 N–H and O–H groups in total. The number of benzene rings is 1. The molecule has 0 bridgehead atoms. The lowest BCUT2D eigenvalue weighted by Gasteiger charge is -2.16. The van der Waals surface area contributed by atoms with Crippen LogP contribution in [0.1, 0.15) is 28.8 Å². The Hall–Kier alpha value is -2.89. The second-order valence-corrected chi connectivity index (χ2v) is 5.86. The van der Waals surface area contributed by atoms with Crippen LogP contribution in [0.4, 0.5) is 5.69 Å². The summed E-state index contributed by atoms with van der Waals surface area (Å²) in [7, 11) is 1.61. The first-order valence-electron chi connectivity index (χ1n) is 7.89. The SMILES string of the molecule is Cn1cc(C(=O)NCc2ccc(N3CCCC3=O)cc2)ccc1=O. The van der Waals surface area contributed by atoms with Gasteiger partial charge < -0.3 is 14.8 Å². The highest BCUT2D eigenvalue weighted by atomic mass is 16.2. The lowest BCUT2D eigenvalue weighted by molar-refractivity contribution is -0.117. The molecule has 24 heavy (non-hydrogen) atoms. The molecule has 0 aliphatic carbocycles. The Morgan fingerprint density at radius 3 is 2.50 bits per heavy atom. The molecule has 2 amide bonds. The zero-order chi connectivity index (χ0) is 17.1. The number of nitrogens with one attached hydrogen (secondary N) is 1. The maximum absolute atomic E-state index is 12.1. The molecule has 1 fully saturated rings. The number of hydrogen-bond acceptors (Lipinski definition) is 3. The zero-order valence-electron chi connectivity index (χ0n) is 13.5. The second kappa shape index (κ2) is 6.70. The third kappa shape index (κ3) is 3.37. The van der Waals surface area contributed by atoms with E-state index in [0.29, 0.717) is 18.5 Å². The molecule has 124 valence electrons. The van der Waals surface area contributed by atoms with E-state index in [0.717, 1.165) is 24.2 Å². The zero-order valence-corrected chi connectivity index (χ0v) is 13.5. The number of pyridine rings is 1. The van der Waals surface area contributed by atoms with Crippen molar-refractivity contribution in [3.63, 3.8) is 0 Å². The number of nitrogens with zero attached hydrogens (tertiary/aromatic N) is 2. The van der Waals surface area contributed by atoms with Crippen LogP contribution >= 0.6 is 0 Å². The van der Waals surface area contributed by atoms with E-state index < -0.39 is 0 Å². The first-order valence-corrected chi connectivity index (χ1v) is 7.89. The van der Waals surface area contributed by atoms with Crippen LogP contribution in [0.15, 0.2) is 47.4 Å². The Kier molecular flexibility index (Phi) is 4.46. The first kappa shape index (κ1) is 16.0. The van der Waals surface area contributed by atoms with Crippen LogP contribution in [0.2, 0.25) is 0 Å².